The van der Waals surface area contributed by atoms with E-state index in [0.29, 0.717) is 0 Å². The fraction of sp³-hybridized carbons (Fsp3) is 0. The van der Waals surface area contributed by atoms with E-state index in [-0.39, 0.29) is 5.69 Å². The number of non-ortho nitro benzene ring substituents is 1. The maximum Gasteiger partial charge on any atom is 0.270 e. The highest BCUT2D eigenvalue weighted by atomic mass is 19.1. The van der Waals surface area contributed by atoms with E-state index in [1.165, 1.54) is 12.3 Å². The van der Waals surface area contributed by atoms with Gasteiger partial charge in [-0.15, -0.1) is 0 Å². The molecule has 1 amide bonds. The minimum atomic E-state index is -0.990. The van der Waals surface area contributed by atoms with Crippen LogP contribution >= 0.6 is 0 Å². The summed E-state index contributed by atoms with van der Waals surface area (Å²) < 4.78 is 26.8. The Balaban J connectivity index is 2.32. The summed E-state index contributed by atoms with van der Waals surface area (Å²) in [7, 11) is 0. The van der Waals surface area contributed by atoms with E-state index in [0.717, 1.165) is 24.4 Å². The fourth-order valence-electron chi connectivity index (χ4n) is 1.47. The summed E-state index contributed by atoms with van der Waals surface area (Å²) in [6.45, 7) is 0. The summed E-state index contributed by atoms with van der Waals surface area (Å²) in [5, 5.41) is 12.7. The van der Waals surface area contributed by atoms with Gasteiger partial charge in [0.15, 0.2) is 5.82 Å². The highest BCUT2D eigenvalue weighted by Gasteiger charge is 2.18. The van der Waals surface area contributed by atoms with Crippen molar-refractivity contribution >= 4 is 17.3 Å². The van der Waals surface area contributed by atoms with Crippen LogP contribution in [-0.2, 0) is 0 Å². The lowest BCUT2D eigenvalue weighted by atomic mass is 10.1. The van der Waals surface area contributed by atoms with Crippen molar-refractivity contribution < 1.29 is 18.5 Å². The van der Waals surface area contributed by atoms with Crippen LogP contribution in [0.4, 0.5) is 20.2 Å². The minimum Gasteiger partial charge on any atom is -0.319 e. The zero-order chi connectivity index (χ0) is 14.7. The Kier molecular flexibility index (Phi) is 3.65. The molecule has 1 aromatic heterocycles. The van der Waals surface area contributed by atoms with E-state index in [1.54, 1.807) is 0 Å². The van der Waals surface area contributed by atoms with Crippen LogP contribution in [0, 0.1) is 21.7 Å². The zero-order valence-electron chi connectivity index (χ0n) is 9.84. The number of nitro benzene ring substituents is 1. The van der Waals surface area contributed by atoms with E-state index >= 15 is 0 Å². The Morgan fingerprint density at radius 1 is 1.25 bits per heavy atom. The van der Waals surface area contributed by atoms with Crippen molar-refractivity contribution in [2.45, 2.75) is 0 Å². The van der Waals surface area contributed by atoms with Gasteiger partial charge in [0.2, 0.25) is 0 Å². The van der Waals surface area contributed by atoms with E-state index in [1.807, 2.05) is 0 Å². The Bertz CT molecular complexity index is 691. The molecular formula is C12H7F2N3O3. The van der Waals surface area contributed by atoms with Gasteiger partial charge in [-0.05, 0) is 12.1 Å². The summed E-state index contributed by atoms with van der Waals surface area (Å²) >= 11 is 0. The summed E-state index contributed by atoms with van der Waals surface area (Å²) in [5.41, 5.74) is -1.18. The number of hydrogen-bond donors (Lipinski definition) is 1. The van der Waals surface area contributed by atoms with E-state index < -0.39 is 33.7 Å². The average molecular weight is 279 g/mol. The highest BCUT2D eigenvalue weighted by molar-refractivity contribution is 6.04. The molecule has 0 fully saturated rings. The smallest absolute Gasteiger partial charge is 0.270 e. The average Bonchev–Trinajstić information content (AvgIpc) is 2.41. The number of carbonyl (C=O) groups is 1. The molecule has 0 saturated heterocycles. The van der Waals surface area contributed by atoms with Crippen LogP contribution in [0.2, 0.25) is 0 Å². The van der Waals surface area contributed by atoms with Crippen molar-refractivity contribution in [1.29, 1.82) is 0 Å². The topological polar surface area (TPSA) is 85.1 Å². The van der Waals surface area contributed by atoms with Crippen LogP contribution in [0.5, 0.6) is 0 Å². The van der Waals surface area contributed by atoms with Crippen LogP contribution in [0.3, 0.4) is 0 Å². The highest BCUT2D eigenvalue weighted by Crippen LogP contribution is 2.19. The second kappa shape index (κ2) is 5.39. The molecule has 0 atom stereocenters. The largest absolute Gasteiger partial charge is 0.319 e. The molecule has 1 N–H and O–H groups in total. The molecule has 1 heterocycles. The van der Waals surface area contributed by atoms with Gasteiger partial charge in [0.05, 0.1) is 22.4 Å². The van der Waals surface area contributed by atoms with Crippen LogP contribution in [-0.4, -0.2) is 15.8 Å². The number of anilines is 1. The van der Waals surface area contributed by atoms with Crippen LogP contribution in [0.25, 0.3) is 0 Å². The molecule has 0 radical (unpaired) electrons. The molecule has 1 aromatic carbocycles. The minimum absolute atomic E-state index is 0.198. The quantitative estimate of drug-likeness (QED) is 0.691. The standard InChI is InChI=1S/C12H7F2N3O3/c13-9-2-1-7(17(19)20)5-8(9)12(18)16-11-3-4-15-6-10(11)14/h1-6H,(H,15,16,18). The van der Waals surface area contributed by atoms with Gasteiger partial charge >= 0.3 is 0 Å². The number of hydrogen-bond acceptors (Lipinski definition) is 4. The SMILES string of the molecule is O=C(Nc1ccncc1F)c1cc([N+](=O)[O-])ccc1F. The number of benzene rings is 1. The lowest BCUT2D eigenvalue weighted by Crippen LogP contribution is -2.15. The number of rotatable bonds is 3. The predicted molar refractivity (Wildman–Crippen MR) is 65.2 cm³/mol. The molecule has 0 aliphatic rings. The number of halogens is 2. The molecule has 2 aromatic rings. The van der Waals surface area contributed by atoms with Crippen molar-refractivity contribution in [2.75, 3.05) is 5.32 Å². The summed E-state index contributed by atoms with van der Waals surface area (Å²) in [4.78, 5) is 25.1. The molecule has 0 aliphatic carbocycles. The molecule has 102 valence electrons. The van der Waals surface area contributed by atoms with Gasteiger partial charge < -0.3 is 5.32 Å². The van der Waals surface area contributed by atoms with Gasteiger partial charge in [0.25, 0.3) is 11.6 Å². The lowest BCUT2D eigenvalue weighted by molar-refractivity contribution is -0.384. The van der Waals surface area contributed by atoms with Gasteiger partial charge in [-0.3, -0.25) is 19.9 Å². The molecule has 0 saturated carbocycles. The number of nitro groups is 1. The fourth-order valence-corrected chi connectivity index (χ4v) is 1.47. The van der Waals surface area contributed by atoms with Gasteiger partial charge in [-0.1, -0.05) is 0 Å². The first kappa shape index (κ1) is 13.5. The number of nitrogens with one attached hydrogen (secondary N) is 1. The second-order valence-corrected chi connectivity index (χ2v) is 3.73. The molecule has 2 rings (SSSR count). The number of pyridine rings is 1. The summed E-state index contributed by atoms with van der Waals surface area (Å²) in [6.07, 6.45) is 2.11. The van der Waals surface area contributed by atoms with Gasteiger partial charge in [-0.2, -0.15) is 0 Å². The monoisotopic (exact) mass is 279 g/mol. The molecule has 20 heavy (non-hydrogen) atoms. The van der Waals surface area contributed by atoms with Crippen LogP contribution in [0.15, 0.2) is 36.7 Å². The number of nitrogens with zero attached hydrogens (tertiary/aromatic N) is 2. The maximum absolute atomic E-state index is 13.5. The van der Waals surface area contributed by atoms with Gasteiger partial charge in [0, 0.05) is 18.3 Å². The number of carbonyl (C=O) groups excluding carboxylic acids is 1. The van der Waals surface area contributed by atoms with Crippen LogP contribution in [0.1, 0.15) is 10.4 Å². The van der Waals surface area contributed by atoms with Gasteiger partial charge in [0.1, 0.15) is 5.82 Å². The molecule has 0 aliphatic heterocycles. The zero-order valence-corrected chi connectivity index (χ0v) is 9.84. The molecule has 0 unspecified atom stereocenters. The third-order valence-electron chi connectivity index (χ3n) is 2.43. The van der Waals surface area contributed by atoms with E-state index in [4.69, 9.17) is 0 Å². The van der Waals surface area contributed by atoms with Crippen LogP contribution < -0.4 is 5.32 Å². The molecular weight excluding hydrogens is 272 g/mol. The first-order valence-corrected chi connectivity index (χ1v) is 5.34. The molecule has 8 heteroatoms. The van der Waals surface area contributed by atoms with Gasteiger partial charge in [-0.25, -0.2) is 8.78 Å². The van der Waals surface area contributed by atoms with Crippen molar-refractivity contribution in [3.63, 3.8) is 0 Å². The third-order valence-corrected chi connectivity index (χ3v) is 2.43. The van der Waals surface area contributed by atoms with Crippen molar-refractivity contribution in [3.05, 3.63) is 64.0 Å². The first-order chi connectivity index (χ1) is 9.49. The number of aromatic nitrogens is 1. The number of amides is 1. The van der Waals surface area contributed by atoms with Crippen molar-refractivity contribution in [1.82, 2.24) is 4.98 Å². The van der Waals surface area contributed by atoms with Crippen molar-refractivity contribution in [3.8, 4) is 0 Å². The molecule has 0 spiro atoms. The molecule has 0 bridgehead atoms. The Hall–Kier alpha value is -2.90. The summed E-state index contributed by atoms with van der Waals surface area (Å²) in [5.74, 6) is -2.73. The first-order valence-electron chi connectivity index (χ1n) is 5.34. The summed E-state index contributed by atoms with van der Waals surface area (Å²) in [6, 6.07) is 3.70. The Labute approximate surface area is 111 Å². The van der Waals surface area contributed by atoms with Crippen molar-refractivity contribution in [2.24, 2.45) is 0 Å². The Morgan fingerprint density at radius 2 is 2.00 bits per heavy atom. The van der Waals surface area contributed by atoms with E-state index in [9.17, 15) is 23.7 Å². The van der Waals surface area contributed by atoms with E-state index in [2.05, 4.69) is 10.3 Å². The normalized spacial score (nSPS) is 10.1. The second-order valence-electron chi connectivity index (χ2n) is 3.73. The Morgan fingerprint density at radius 3 is 2.65 bits per heavy atom. The third kappa shape index (κ3) is 2.74. The lowest BCUT2D eigenvalue weighted by Gasteiger charge is -2.06. The molecule has 6 nitrogen and oxygen atoms in total. The maximum atomic E-state index is 13.5. The predicted octanol–water partition coefficient (Wildman–Crippen LogP) is 2.52.